The molecule has 1 fully saturated rings. The second kappa shape index (κ2) is 7.58. The minimum atomic E-state index is -0.488. The van der Waals surface area contributed by atoms with Crippen molar-refractivity contribution in [2.45, 2.75) is 45.6 Å². The molecule has 1 aromatic rings. The Morgan fingerprint density at radius 3 is 2.63 bits per heavy atom. The van der Waals surface area contributed by atoms with Crippen molar-refractivity contribution in [3.05, 3.63) is 29.3 Å². The molecule has 2 heterocycles. The zero-order valence-corrected chi connectivity index (χ0v) is 16.1. The molecule has 1 aromatic carbocycles. The summed E-state index contributed by atoms with van der Waals surface area (Å²) in [6.45, 7) is 7.44. The molecular formula is C20H27N3O4. The first kappa shape index (κ1) is 19.2. The van der Waals surface area contributed by atoms with Crippen LogP contribution in [0.1, 0.15) is 49.5 Å². The highest BCUT2D eigenvalue weighted by Gasteiger charge is 2.27. The van der Waals surface area contributed by atoms with Gasteiger partial charge in [-0.15, -0.1) is 0 Å². The molecule has 2 N–H and O–H groups in total. The van der Waals surface area contributed by atoms with Crippen molar-refractivity contribution in [1.29, 1.82) is 0 Å². The molecule has 1 saturated heterocycles. The fourth-order valence-electron chi connectivity index (χ4n) is 3.36. The van der Waals surface area contributed by atoms with Crippen LogP contribution in [0.25, 0.3) is 0 Å². The minimum Gasteiger partial charge on any atom is -0.444 e. The predicted molar refractivity (Wildman–Crippen MR) is 102 cm³/mol. The highest BCUT2D eigenvalue weighted by Crippen LogP contribution is 2.24. The van der Waals surface area contributed by atoms with Crippen LogP contribution in [0.15, 0.2) is 18.2 Å². The number of amides is 3. The summed E-state index contributed by atoms with van der Waals surface area (Å²) in [5, 5.41) is 5.74. The van der Waals surface area contributed by atoms with Crippen LogP contribution < -0.4 is 10.6 Å². The molecule has 7 heteroatoms. The van der Waals surface area contributed by atoms with Crippen LogP contribution in [0.5, 0.6) is 0 Å². The molecule has 0 atom stereocenters. The molecule has 3 rings (SSSR count). The maximum absolute atomic E-state index is 12.4. The molecule has 0 aromatic heterocycles. The topological polar surface area (TPSA) is 87.7 Å². The number of benzene rings is 1. The van der Waals surface area contributed by atoms with Gasteiger partial charge in [-0.1, -0.05) is 0 Å². The fourth-order valence-corrected chi connectivity index (χ4v) is 3.36. The maximum Gasteiger partial charge on any atom is 0.410 e. The van der Waals surface area contributed by atoms with Crippen molar-refractivity contribution in [2.24, 2.45) is 5.92 Å². The summed E-state index contributed by atoms with van der Waals surface area (Å²) in [6, 6.07) is 5.27. The zero-order valence-electron chi connectivity index (χ0n) is 16.1. The van der Waals surface area contributed by atoms with Gasteiger partial charge in [-0.3, -0.25) is 9.59 Å². The standard InChI is InChI=1S/C20H27N3O4/c1-20(2,3)27-19(26)23-8-6-13(7-9-23)12-21-18(25)14-4-5-16-15(10-14)11-17(24)22-16/h4-5,10,13H,6-9,11-12H2,1-3H3,(H,21,25)(H,22,24). The van der Waals surface area contributed by atoms with Crippen LogP contribution in [0.2, 0.25) is 0 Å². The third-order valence-corrected chi connectivity index (χ3v) is 4.81. The van der Waals surface area contributed by atoms with Crippen LogP contribution >= 0.6 is 0 Å². The molecule has 3 amide bonds. The van der Waals surface area contributed by atoms with Crippen molar-refractivity contribution in [1.82, 2.24) is 10.2 Å². The Labute approximate surface area is 159 Å². The average Bonchev–Trinajstić information content (AvgIpc) is 2.97. The lowest BCUT2D eigenvalue weighted by atomic mass is 9.97. The van der Waals surface area contributed by atoms with Gasteiger partial charge in [0.2, 0.25) is 5.91 Å². The molecule has 2 aliphatic rings. The van der Waals surface area contributed by atoms with E-state index in [1.807, 2.05) is 20.8 Å². The van der Waals surface area contributed by atoms with Crippen LogP contribution in [0, 0.1) is 5.92 Å². The Balaban J connectivity index is 1.45. The Kier molecular flexibility index (Phi) is 5.39. The van der Waals surface area contributed by atoms with E-state index in [1.165, 1.54) is 0 Å². The van der Waals surface area contributed by atoms with E-state index in [0.29, 0.717) is 37.5 Å². The first-order valence-corrected chi connectivity index (χ1v) is 9.40. The summed E-state index contributed by atoms with van der Waals surface area (Å²) in [7, 11) is 0. The molecule has 2 aliphatic heterocycles. The number of nitrogens with one attached hydrogen (secondary N) is 2. The van der Waals surface area contributed by atoms with E-state index >= 15 is 0 Å². The predicted octanol–water partition coefficient (Wildman–Crippen LogP) is 2.56. The second-order valence-electron chi connectivity index (χ2n) is 8.22. The SMILES string of the molecule is CC(C)(C)OC(=O)N1CCC(CNC(=O)c2ccc3c(c2)CC(=O)N3)CC1. The number of piperidine rings is 1. The van der Waals surface area contributed by atoms with Gasteiger partial charge in [0.05, 0.1) is 6.42 Å². The largest absolute Gasteiger partial charge is 0.444 e. The summed E-state index contributed by atoms with van der Waals surface area (Å²) in [5.74, 6) is 0.163. The van der Waals surface area contributed by atoms with Gasteiger partial charge < -0.3 is 20.3 Å². The van der Waals surface area contributed by atoms with Crippen molar-refractivity contribution >= 4 is 23.6 Å². The number of carbonyl (C=O) groups excluding carboxylic acids is 3. The first-order valence-electron chi connectivity index (χ1n) is 9.40. The van der Waals surface area contributed by atoms with Gasteiger partial charge in [-0.2, -0.15) is 0 Å². The summed E-state index contributed by atoms with van der Waals surface area (Å²) in [6.07, 6.45) is 1.72. The minimum absolute atomic E-state index is 0.0423. The molecule has 0 spiro atoms. The van der Waals surface area contributed by atoms with Crippen LogP contribution in [0.4, 0.5) is 10.5 Å². The number of fused-ring (bicyclic) bond motifs is 1. The van der Waals surface area contributed by atoms with Crippen LogP contribution in [-0.4, -0.2) is 48.0 Å². The Hall–Kier alpha value is -2.57. The van der Waals surface area contributed by atoms with Gasteiger partial charge >= 0.3 is 6.09 Å². The zero-order chi connectivity index (χ0) is 19.6. The summed E-state index contributed by atoms with van der Waals surface area (Å²) in [5.41, 5.74) is 1.72. The quantitative estimate of drug-likeness (QED) is 0.852. The lowest BCUT2D eigenvalue weighted by Gasteiger charge is -2.33. The molecule has 0 radical (unpaired) electrons. The van der Waals surface area contributed by atoms with Crippen molar-refractivity contribution in [2.75, 3.05) is 25.0 Å². The third kappa shape index (κ3) is 4.99. The van der Waals surface area contributed by atoms with Gasteiger partial charge in [0.1, 0.15) is 5.60 Å². The van der Waals surface area contributed by atoms with Crippen LogP contribution in [-0.2, 0) is 16.0 Å². The van der Waals surface area contributed by atoms with E-state index in [-0.39, 0.29) is 17.9 Å². The van der Waals surface area contributed by atoms with Crippen molar-refractivity contribution in [3.8, 4) is 0 Å². The van der Waals surface area contributed by atoms with Crippen LogP contribution in [0.3, 0.4) is 0 Å². The van der Waals surface area contributed by atoms with E-state index in [9.17, 15) is 14.4 Å². The first-order chi connectivity index (χ1) is 12.7. The highest BCUT2D eigenvalue weighted by atomic mass is 16.6. The van der Waals surface area contributed by atoms with E-state index < -0.39 is 5.60 Å². The number of likely N-dealkylation sites (tertiary alicyclic amines) is 1. The van der Waals surface area contributed by atoms with Gasteiger partial charge in [0.25, 0.3) is 5.91 Å². The van der Waals surface area contributed by atoms with Gasteiger partial charge in [0.15, 0.2) is 0 Å². The average molecular weight is 373 g/mol. The molecule has 0 aliphatic carbocycles. The maximum atomic E-state index is 12.4. The smallest absolute Gasteiger partial charge is 0.410 e. The Morgan fingerprint density at radius 2 is 1.96 bits per heavy atom. The highest BCUT2D eigenvalue weighted by molar-refractivity contribution is 6.01. The Morgan fingerprint density at radius 1 is 1.26 bits per heavy atom. The van der Waals surface area contributed by atoms with E-state index in [0.717, 1.165) is 24.1 Å². The normalized spacial score (nSPS) is 17.3. The number of hydrogen-bond acceptors (Lipinski definition) is 4. The molecule has 27 heavy (non-hydrogen) atoms. The lowest BCUT2D eigenvalue weighted by molar-refractivity contribution is -0.115. The number of hydrogen-bond donors (Lipinski definition) is 2. The van der Waals surface area contributed by atoms with Gasteiger partial charge in [0, 0.05) is 30.9 Å². The molecule has 0 bridgehead atoms. The fraction of sp³-hybridized carbons (Fsp3) is 0.550. The van der Waals surface area contributed by atoms with E-state index in [2.05, 4.69) is 10.6 Å². The number of rotatable bonds is 3. The molecule has 0 saturated carbocycles. The lowest BCUT2D eigenvalue weighted by Crippen LogP contribution is -2.43. The number of anilines is 1. The van der Waals surface area contributed by atoms with Gasteiger partial charge in [-0.05, 0) is 63.3 Å². The van der Waals surface area contributed by atoms with E-state index in [4.69, 9.17) is 4.74 Å². The second-order valence-corrected chi connectivity index (χ2v) is 8.22. The van der Waals surface area contributed by atoms with Gasteiger partial charge in [-0.25, -0.2) is 4.79 Å². The number of ether oxygens (including phenoxy) is 1. The number of nitrogens with zero attached hydrogens (tertiary/aromatic N) is 1. The molecular weight excluding hydrogens is 346 g/mol. The Bertz CT molecular complexity index is 746. The molecule has 7 nitrogen and oxygen atoms in total. The molecule has 146 valence electrons. The summed E-state index contributed by atoms with van der Waals surface area (Å²) in [4.78, 5) is 37.6. The van der Waals surface area contributed by atoms with E-state index in [1.54, 1.807) is 23.1 Å². The number of carbonyl (C=O) groups is 3. The monoisotopic (exact) mass is 373 g/mol. The molecule has 0 unspecified atom stereocenters. The van der Waals surface area contributed by atoms with Crippen molar-refractivity contribution in [3.63, 3.8) is 0 Å². The van der Waals surface area contributed by atoms with Crippen molar-refractivity contribution < 1.29 is 19.1 Å². The summed E-state index contributed by atoms with van der Waals surface area (Å²) >= 11 is 0. The third-order valence-electron chi connectivity index (χ3n) is 4.81. The summed E-state index contributed by atoms with van der Waals surface area (Å²) < 4.78 is 5.40.